The number of aromatic hydroxyl groups is 1. The molecule has 3 aromatic heterocycles. The summed E-state index contributed by atoms with van der Waals surface area (Å²) < 4.78 is 40.7. The molecule has 192 valence electrons. The standard InChI is InChI=1S/C23H23N7O6S/c1-13-11-25-16(12-24-13)21(32)14(2)37(33,34)29-23-28-27-22(15-7-5-10-19(26-15)36-4)30(23)20-17(31)8-6-9-18(20)35-3/h6,8-12,14,21,31-32H,1-4H3,(H,28,29)/t14-,21-/m1/s1. The van der Waals surface area contributed by atoms with Crippen molar-refractivity contribution in [3.63, 3.8) is 0 Å². The highest BCUT2D eigenvalue weighted by molar-refractivity contribution is 7.93. The number of aliphatic hydroxyl groups is 1. The number of phenolic OH excluding ortho intramolecular Hbond substituents is 1. The third kappa shape index (κ3) is 5.08. The molecule has 0 saturated heterocycles. The van der Waals surface area contributed by atoms with Gasteiger partial charge >= 0.3 is 0 Å². The highest BCUT2D eigenvalue weighted by atomic mass is 32.2. The molecule has 3 N–H and O–H groups in total. The van der Waals surface area contributed by atoms with E-state index in [9.17, 15) is 18.6 Å². The van der Waals surface area contributed by atoms with Crippen molar-refractivity contribution in [2.75, 3.05) is 18.9 Å². The number of ether oxygens (including phenoxy) is 2. The second kappa shape index (κ2) is 10.2. The van der Waals surface area contributed by atoms with Gasteiger partial charge in [0.1, 0.15) is 28.5 Å². The van der Waals surface area contributed by atoms with Gasteiger partial charge in [-0.1, -0.05) is 12.1 Å². The number of methoxy groups -OCH3 is 2. The van der Waals surface area contributed by atoms with Crippen molar-refractivity contribution in [1.82, 2.24) is 29.7 Å². The number of aliphatic hydroxyl groups excluding tert-OH is 1. The number of hydrogen-bond acceptors (Lipinski definition) is 11. The fourth-order valence-corrected chi connectivity index (χ4v) is 4.40. The topological polar surface area (TPSA) is 174 Å². The molecule has 4 aromatic rings. The molecule has 3 heterocycles. The van der Waals surface area contributed by atoms with Crippen LogP contribution >= 0.6 is 0 Å². The molecule has 0 saturated carbocycles. The van der Waals surface area contributed by atoms with E-state index in [1.54, 1.807) is 19.1 Å². The van der Waals surface area contributed by atoms with E-state index in [0.29, 0.717) is 5.69 Å². The van der Waals surface area contributed by atoms with Crippen LogP contribution in [0.5, 0.6) is 17.4 Å². The minimum Gasteiger partial charge on any atom is -0.506 e. The molecule has 0 fully saturated rings. The maximum atomic E-state index is 13.3. The first kappa shape index (κ1) is 25.6. The van der Waals surface area contributed by atoms with Crippen molar-refractivity contribution in [2.45, 2.75) is 25.2 Å². The lowest BCUT2D eigenvalue weighted by molar-refractivity contribution is 0.171. The van der Waals surface area contributed by atoms with Crippen LogP contribution in [-0.4, -0.2) is 67.8 Å². The Morgan fingerprint density at radius 1 is 1.14 bits per heavy atom. The van der Waals surface area contributed by atoms with Gasteiger partial charge in [-0.15, -0.1) is 10.2 Å². The van der Waals surface area contributed by atoms with Gasteiger partial charge in [-0.3, -0.25) is 19.3 Å². The van der Waals surface area contributed by atoms with Crippen LogP contribution in [0, 0.1) is 19.1 Å². The molecule has 4 rings (SSSR count). The van der Waals surface area contributed by atoms with E-state index in [1.807, 2.05) is 0 Å². The number of sulfonamides is 1. The predicted molar refractivity (Wildman–Crippen MR) is 131 cm³/mol. The minimum atomic E-state index is -4.29. The Bertz CT molecular complexity index is 1510. The van der Waals surface area contributed by atoms with Crippen LogP contribution in [-0.2, 0) is 10.0 Å². The molecule has 0 radical (unpaired) electrons. The zero-order valence-corrected chi connectivity index (χ0v) is 21.1. The average molecular weight is 526 g/mol. The van der Waals surface area contributed by atoms with Gasteiger partial charge in [0.05, 0.1) is 37.9 Å². The third-order valence-electron chi connectivity index (χ3n) is 5.39. The number of aryl methyl sites for hydroxylation is 1. The first-order chi connectivity index (χ1) is 17.7. The van der Waals surface area contributed by atoms with Gasteiger partial charge < -0.3 is 19.7 Å². The van der Waals surface area contributed by atoms with Crippen molar-refractivity contribution in [3.05, 3.63) is 60.2 Å². The maximum Gasteiger partial charge on any atom is 0.243 e. The fraction of sp³-hybridized carbons (Fsp3) is 0.261. The van der Waals surface area contributed by atoms with Crippen LogP contribution < -0.4 is 14.2 Å². The van der Waals surface area contributed by atoms with Crippen LogP contribution in [0.15, 0.2) is 36.7 Å². The number of nitrogens with one attached hydrogen (secondary N) is 1. The van der Waals surface area contributed by atoms with Gasteiger partial charge in [0.25, 0.3) is 0 Å². The number of hydrogen-bond donors (Lipinski definition) is 3. The molecular formula is C23H23N7O6S. The normalized spacial score (nSPS) is 12.9. The summed E-state index contributed by atoms with van der Waals surface area (Å²) in [5.41, 5.74) is 0.838. The Kier molecular flexibility index (Phi) is 7.09. The van der Waals surface area contributed by atoms with Crippen molar-refractivity contribution in [3.8, 4) is 34.6 Å². The fourth-order valence-electron chi connectivity index (χ4n) is 3.35. The van der Waals surface area contributed by atoms with E-state index in [4.69, 9.17) is 9.47 Å². The van der Waals surface area contributed by atoms with Gasteiger partial charge in [0.15, 0.2) is 11.5 Å². The van der Waals surface area contributed by atoms with Gasteiger partial charge in [-0.25, -0.2) is 13.4 Å². The summed E-state index contributed by atoms with van der Waals surface area (Å²) in [6.07, 6.45) is 1.23. The van der Waals surface area contributed by atoms with Gasteiger partial charge in [-0.2, -0.15) is 0 Å². The summed E-state index contributed by atoms with van der Waals surface area (Å²) >= 11 is 0. The van der Waals surface area contributed by atoms with E-state index in [0.717, 1.165) is 0 Å². The summed E-state index contributed by atoms with van der Waals surface area (Å²) in [5.74, 6) is -0.162. The Morgan fingerprint density at radius 2 is 1.92 bits per heavy atom. The van der Waals surface area contributed by atoms with E-state index < -0.39 is 21.4 Å². The molecule has 0 amide bonds. The van der Waals surface area contributed by atoms with Crippen molar-refractivity contribution in [2.24, 2.45) is 0 Å². The van der Waals surface area contributed by atoms with Gasteiger partial charge in [-0.05, 0) is 32.0 Å². The van der Waals surface area contributed by atoms with Gasteiger partial charge in [0.2, 0.25) is 21.9 Å². The van der Waals surface area contributed by atoms with E-state index >= 15 is 0 Å². The maximum absolute atomic E-state index is 13.3. The first-order valence-corrected chi connectivity index (χ1v) is 12.4. The highest BCUT2D eigenvalue weighted by Gasteiger charge is 2.33. The second-order valence-electron chi connectivity index (χ2n) is 7.81. The van der Waals surface area contributed by atoms with Crippen molar-refractivity contribution in [1.29, 1.82) is 0 Å². The van der Waals surface area contributed by atoms with Crippen LogP contribution in [0.1, 0.15) is 24.4 Å². The SMILES string of the molecule is COc1cc#cc(-c2nnc(NS(=O)(=O)[C@H](C)[C@@H](O)c3cnc(C)cn3)n2-c2c(O)cccc2OC)n1. The third-order valence-corrected chi connectivity index (χ3v) is 7.09. The number of phenols is 1. The lowest BCUT2D eigenvalue weighted by Crippen LogP contribution is -2.32. The quantitative estimate of drug-likeness (QED) is 0.289. The van der Waals surface area contributed by atoms with Crippen molar-refractivity contribution >= 4 is 16.0 Å². The number of rotatable bonds is 9. The molecule has 14 heteroatoms. The largest absolute Gasteiger partial charge is 0.506 e. The Hall–Kier alpha value is -4.48. The highest BCUT2D eigenvalue weighted by Crippen LogP contribution is 2.37. The van der Waals surface area contributed by atoms with Crippen LogP contribution in [0.2, 0.25) is 0 Å². The number of benzene rings is 1. The Labute approximate surface area is 212 Å². The number of aromatic nitrogens is 6. The predicted octanol–water partition coefficient (Wildman–Crippen LogP) is 1.61. The number of para-hydroxylation sites is 1. The van der Waals surface area contributed by atoms with Crippen LogP contribution in [0.25, 0.3) is 17.2 Å². The molecule has 0 aliphatic carbocycles. The van der Waals surface area contributed by atoms with Crippen molar-refractivity contribution < 1.29 is 28.1 Å². The van der Waals surface area contributed by atoms with E-state index in [1.165, 1.54) is 50.2 Å². The second-order valence-corrected chi connectivity index (χ2v) is 9.84. The van der Waals surface area contributed by atoms with E-state index in [-0.39, 0.29) is 46.2 Å². The molecule has 0 aliphatic rings. The summed E-state index contributed by atoms with van der Waals surface area (Å²) in [7, 11) is -1.49. The zero-order chi connectivity index (χ0) is 26.7. The average Bonchev–Trinajstić information content (AvgIpc) is 3.30. The molecule has 0 bridgehead atoms. The summed E-state index contributed by atoms with van der Waals surface area (Å²) in [4.78, 5) is 12.4. The molecular weight excluding hydrogens is 502 g/mol. The van der Waals surface area contributed by atoms with E-state index in [2.05, 4.69) is 42.0 Å². The Morgan fingerprint density at radius 3 is 2.59 bits per heavy atom. The zero-order valence-electron chi connectivity index (χ0n) is 20.2. The smallest absolute Gasteiger partial charge is 0.243 e. The summed E-state index contributed by atoms with van der Waals surface area (Å²) in [6.45, 7) is 3.03. The first-order valence-electron chi connectivity index (χ1n) is 10.8. The number of anilines is 1. The molecule has 0 spiro atoms. The monoisotopic (exact) mass is 525 g/mol. The molecule has 2 atom stereocenters. The molecule has 0 unspecified atom stereocenters. The lowest BCUT2D eigenvalue weighted by atomic mass is 10.2. The molecule has 0 aliphatic heterocycles. The molecule has 1 aromatic carbocycles. The molecule has 13 nitrogen and oxygen atoms in total. The van der Waals surface area contributed by atoms with Crippen LogP contribution in [0.4, 0.5) is 5.95 Å². The minimum absolute atomic E-state index is 0.00486. The lowest BCUT2D eigenvalue weighted by Gasteiger charge is -2.20. The van der Waals surface area contributed by atoms with Crippen LogP contribution in [0.3, 0.4) is 0 Å². The summed E-state index contributed by atoms with van der Waals surface area (Å²) in [5, 5.41) is 28.1. The van der Waals surface area contributed by atoms with Gasteiger partial charge in [0, 0.05) is 6.20 Å². The number of nitrogens with zero attached hydrogens (tertiary/aromatic N) is 6. The Balaban J connectivity index is 1.82. The molecule has 37 heavy (non-hydrogen) atoms. The summed E-state index contributed by atoms with van der Waals surface area (Å²) in [6, 6.07) is 11.5.